The van der Waals surface area contributed by atoms with Crippen molar-refractivity contribution in [2.75, 3.05) is 33.2 Å². The van der Waals surface area contributed by atoms with E-state index in [0.717, 1.165) is 39.0 Å². The first-order valence-electron chi connectivity index (χ1n) is 6.41. The van der Waals surface area contributed by atoms with Gasteiger partial charge in [0.15, 0.2) is 0 Å². The van der Waals surface area contributed by atoms with E-state index in [1.54, 1.807) is 0 Å². The normalized spacial score (nSPS) is 43.8. The average molecular weight is 222 g/mol. The van der Waals surface area contributed by atoms with Crippen LogP contribution in [0.4, 0.5) is 0 Å². The Hall–Kier alpha value is -0.570. The number of likely N-dealkylation sites (tertiary alicyclic amines) is 2. The fourth-order valence-corrected chi connectivity index (χ4v) is 3.75. The molecule has 3 rings (SSSR count). The molecule has 2 heterocycles. The molecule has 3 aliphatic rings. The second-order valence-corrected chi connectivity index (χ2v) is 6.76. The van der Waals surface area contributed by atoms with Gasteiger partial charge in [-0.2, -0.15) is 0 Å². The van der Waals surface area contributed by atoms with Gasteiger partial charge >= 0.3 is 0 Å². The molecule has 0 N–H and O–H groups in total. The van der Waals surface area contributed by atoms with E-state index in [1.165, 1.54) is 0 Å². The maximum absolute atomic E-state index is 12.1. The predicted octanol–water partition coefficient (Wildman–Crippen LogP) is 1.20. The standard InChI is InChI=1S/C13H22N2O/c1-12-6-14(3)7-13(12,2)9-15(8-12)11(16)10-4-5-10/h10H,4-9H2,1-3H3/t12-,13+. The third kappa shape index (κ3) is 1.33. The van der Waals surface area contributed by atoms with Crippen molar-refractivity contribution in [2.24, 2.45) is 16.7 Å². The summed E-state index contributed by atoms with van der Waals surface area (Å²) in [5, 5.41) is 0. The monoisotopic (exact) mass is 222 g/mol. The first-order valence-corrected chi connectivity index (χ1v) is 6.41. The molecule has 3 nitrogen and oxygen atoms in total. The third-order valence-electron chi connectivity index (χ3n) is 5.01. The van der Waals surface area contributed by atoms with Gasteiger partial charge in [0.1, 0.15) is 0 Å². The number of amides is 1. The van der Waals surface area contributed by atoms with Gasteiger partial charge in [0, 0.05) is 42.9 Å². The van der Waals surface area contributed by atoms with E-state index in [1.807, 2.05) is 0 Å². The van der Waals surface area contributed by atoms with Crippen molar-refractivity contribution in [2.45, 2.75) is 26.7 Å². The lowest BCUT2D eigenvalue weighted by atomic mass is 9.71. The van der Waals surface area contributed by atoms with Crippen molar-refractivity contribution in [3.63, 3.8) is 0 Å². The van der Waals surface area contributed by atoms with Crippen molar-refractivity contribution in [1.29, 1.82) is 0 Å². The summed E-state index contributed by atoms with van der Waals surface area (Å²) >= 11 is 0. The highest BCUT2D eigenvalue weighted by atomic mass is 16.2. The Morgan fingerprint density at radius 3 is 2.00 bits per heavy atom. The zero-order chi connectivity index (χ0) is 11.6. The molecule has 1 saturated carbocycles. The van der Waals surface area contributed by atoms with Gasteiger partial charge in [-0.1, -0.05) is 13.8 Å². The summed E-state index contributed by atoms with van der Waals surface area (Å²) in [6.07, 6.45) is 2.26. The van der Waals surface area contributed by atoms with Crippen molar-refractivity contribution in [3.05, 3.63) is 0 Å². The molecule has 2 aliphatic heterocycles. The van der Waals surface area contributed by atoms with Crippen molar-refractivity contribution < 1.29 is 4.79 Å². The highest BCUT2D eigenvalue weighted by molar-refractivity contribution is 5.81. The van der Waals surface area contributed by atoms with Gasteiger partial charge < -0.3 is 9.80 Å². The quantitative estimate of drug-likeness (QED) is 0.665. The van der Waals surface area contributed by atoms with Crippen molar-refractivity contribution >= 4 is 5.91 Å². The van der Waals surface area contributed by atoms with E-state index in [0.29, 0.717) is 22.7 Å². The SMILES string of the molecule is CN1C[C@@]2(C)CN(C(=O)C3CC3)C[C@@]2(C)C1. The maximum Gasteiger partial charge on any atom is 0.225 e. The van der Waals surface area contributed by atoms with Crippen LogP contribution in [0.2, 0.25) is 0 Å². The summed E-state index contributed by atoms with van der Waals surface area (Å²) in [5.74, 6) is 0.809. The lowest BCUT2D eigenvalue weighted by Gasteiger charge is -2.30. The Labute approximate surface area is 97.8 Å². The minimum atomic E-state index is 0.312. The fraction of sp³-hybridized carbons (Fsp3) is 0.923. The number of carbonyl (C=O) groups is 1. The molecule has 0 radical (unpaired) electrons. The topological polar surface area (TPSA) is 23.6 Å². The third-order valence-corrected chi connectivity index (χ3v) is 5.01. The highest BCUT2D eigenvalue weighted by Crippen LogP contribution is 2.51. The molecule has 0 aromatic heterocycles. The summed E-state index contributed by atoms with van der Waals surface area (Å²) < 4.78 is 0. The minimum absolute atomic E-state index is 0.312. The molecule has 1 amide bonds. The number of hydrogen-bond acceptors (Lipinski definition) is 2. The van der Waals surface area contributed by atoms with Crippen LogP contribution in [0.1, 0.15) is 26.7 Å². The Morgan fingerprint density at radius 1 is 1.06 bits per heavy atom. The average Bonchev–Trinajstić information content (AvgIpc) is 2.89. The van der Waals surface area contributed by atoms with Gasteiger partial charge in [0.05, 0.1) is 0 Å². The number of fused-ring (bicyclic) bond motifs is 1. The van der Waals surface area contributed by atoms with Crippen LogP contribution in [-0.2, 0) is 4.79 Å². The molecule has 16 heavy (non-hydrogen) atoms. The maximum atomic E-state index is 12.1. The van der Waals surface area contributed by atoms with Crippen LogP contribution < -0.4 is 0 Å². The molecule has 0 unspecified atom stereocenters. The van der Waals surface area contributed by atoms with Crippen LogP contribution in [0.5, 0.6) is 0 Å². The number of nitrogens with zero attached hydrogens (tertiary/aromatic N) is 2. The van der Waals surface area contributed by atoms with Crippen molar-refractivity contribution in [1.82, 2.24) is 9.80 Å². The molecule has 90 valence electrons. The molecule has 0 aromatic carbocycles. The zero-order valence-electron chi connectivity index (χ0n) is 10.6. The minimum Gasteiger partial charge on any atom is -0.341 e. The fourth-order valence-electron chi connectivity index (χ4n) is 3.75. The second-order valence-electron chi connectivity index (χ2n) is 6.76. The van der Waals surface area contributed by atoms with Crippen LogP contribution in [0.25, 0.3) is 0 Å². The van der Waals surface area contributed by atoms with Gasteiger partial charge in [0.2, 0.25) is 5.91 Å². The van der Waals surface area contributed by atoms with Gasteiger partial charge in [-0.25, -0.2) is 0 Å². The molecular formula is C13H22N2O. The number of carbonyl (C=O) groups excluding carboxylic acids is 1. The molecule has 1 aliphatic carbocycles. The Morgan fingerprint density at radius 2 is 1.56 bits per heavy atom. The largest absolute Gasteiger partial charge is 0.341 e. The van der Waals surface area contributed by atoms with Gasteiger partial charge in [-0.15, -0.1) is 0 Å². The molecule has 0 spiro atoms. The molecule has 2 saturated heterocycles. The van der Waals surface area contributed by atoms with Gasteiger partial charge in [-0.05, 0) is 19.9 Å². The molecule has 3 heteroatoms. The second kappa shape index (κ2) is 3.00. The van der Waals surface area contributed by atoms with E-state index in [4.69, 9.17) is 0 Å². The smallest absolute Gasteiger partial charge is 0.225 e. The Bertz CT molecular complexity index is 319. The molecule has 2 atom stereocenters. The Kier molecular flexibility index (Phi) is 1.99. The molecule has 0 aromatic rings. The van der Waals surface area contributed by atoms with Gasteiger partial charge in [-0.3, -0.25) is 4.79 Å². The van der Waals surface area contributed by atoms with E-state index < -0.39 is 0 Å². The van der Waals surface area contributed by atoms with E-state index >= 15 is 0 Å². The van der Waals surface area contributed by atoms with E-state index in [2.05, 4.69) is 30.7 Å². The number of rotatable bonds is 1. The summed E-state index contributed by atoms with van der Waals surface area (Å²) in [6, 6.07) is 0. The number of hydrogen-bond donors (Lipinski definition) is 0. The van der Waals surface area contributed by atoms with Crippen LogP contribution in [-0.4, -0.2) is 48.9 Å². The van der Waals surface area contributed by atoms with Crippen LogP contribution in [0, 0.1) is 16.7 Å². The van der Waals surface area contributed by atoms with Gasteiger partial charge in [0.25, 0.3) is 0 Å². The molecular weight excluding hydrogens is 200 g/mol. The lowest BCUT2D eigenvalue weighted by molar-refractivity contribution is -0.132. The van der Waals surface area contributed by atoms with Crippen LogP contribution in [0.15, 0.2) is 0 Å². The van der Waals surface area contributed by atoms with E-state index in [9.17, 15) is 4.79 Å². The zero-order valence-corrected chi connectivity index (χ0v) is 10.6. The summed E-state index contributed by atoms with van der Waals surface area (Å²) in [7, 11) is 2.20. The Balaban J connectivity index is 1.79. The molecule has 3 fully saturated rings. The molecule has 0 bridgehead atoms. The first kappa shape index (κ1) is 10.6. The van der Waals surface area contributed by atoms with Crippen molar-refractivity contribution in [3.8, 4) is 0 Å². The summed E-state index contributed by atoms with van der Waals surface area (Å²) in [4.78, 5) is 16.7. The first-order chi connectivity index (χ1) is 7.44. The summed E-state index contributed by atoms with van der Waals surface area (Å²) in [6.45, 7) is 8.94. The van der Waals surface area contributed by atoms with E-state index in [-0.39, 0.29) is 0 Å². The lowest BCUT2D eigenvalue weighted by Crippen LogP contribution is -2.35. The highest BCUT2D eigenvalue weighted by Gasteiger charge is 2.58. The predicted molar refractivity (Wildman–Crippen MR) is 63.0 cm³/mol. The van der Waals surface area contributed by atoms with Crippen LogP contribution >= 0.6 is 0 Å². The van der Waals surface area contributed by atoms with Crippen LogP contribution in [0.3, 0.4) is 0 Å². The summed E-state index contributed by atoms with van der Waals surface area (Å²) in [5.41, 5.74) is 0.624.